The van der Waals surface area contributed by atoms with Crippen molar-refractivity contribution in [2.45, 2.75) is 52.2 Å². The normalized spacial score (nSPS) is 12.1. The first kappa shape index (κ1) is 24.1. The van der Waals surface area contributed by atoms with E-state index in [0.29, 0.717) is 22.9 Å². The lowest BCUT2D eigenvalue weighted by molar-refractivity contribution is -0.140. The van der Waals surface area contributed by atoms with E-state index in [9.17, 15) is 9.59 Å². The molecule has 0 fully saturated rings. The number of halogens is 2. The minimum atomic E-state index is -0.635. The van der Waals surface area contributed by atoms with E-state index in [4.69, 9.17) is 23.2 Å². The number of nitrogens with one attached hydrogen (secondary N) is 1. The van der Waals surface area contributed by atoms with E-state index >= 15 is 0 Å². The number of benzene rings is 3. The van der Waals surface area contributed by atoms with Crippen LogP contribution in [0.5, 0.6) is 0 Å². The van der Waals surface area contributed by atoms with Crippen LogP contribution >= 0.6 is 23.2 Å². The second-order valence-electron chi connectivity index (χ2n) is 8.23. The highest BCUT2D eigenvalue weighted by molar-refractivity contribution is 6.35. The van der Waals surface area contributed by atoms with E-state index in [0.717, 1.165) is 21.9 Å². The lowest BCUT2D eigenvalue weighted by Crippen LogP contribution is -2.49. The van der Waals surface area contributed by atoms with Gasteiger partial charge in [0, 0.05) is 29.1 Å². The summed E-state index contributed by atoms with van der Waals surface area (Å²) in [5.41, 5.74) is 1.86. The molecule has 3 aromatic rings. The van der Waals surface area contributed by atoms with Gasteiger partial charge in [-0.3, -0.25) is 9.59 Å². The summed E-state index contributed by atoms with van der Waals surface area (Å²) in [6, 6.07) is 18.8. The van der Waals surface area contributed by atoms with E-state index in [-0.39, 0.29) is 24.4 Å². The molecule has 0 unspecified atom stereocenters. The highest BCUT2D eigenvalue weighted by Gasteiger charge is 2.27. The first-order valence-corrected chi connectivity index (χ1v) is 11.5. The van der Waals surface area contributed by atoms with E-state index in [1.54, 1.807) is 30.0 Å². The van der Waals surface area contributed by atoms with Gasteiger partial charge in [-0.05, 0) is 61.2 Å². The zero-order chi connectivity index (χ0) is 23.3. The van der Waals surface area contributed by atoms with E-state index in [2.05, 4.69) is 23.5 Å². The van der Waals surface area contributed by atoms with Gasteiger partial charge in [-0.2, -0.15) is 0 Å². The second kappa shape index (κ2) is 10.8. The summed E-state index contributed by atoms with van der Waals surface area (Å²) >= 11 is 12.4. The van der Waals surface area contributed by atoms with Crippen molar-refractivity contribution >= 4 is 45.8 Å². The van der Waals surface area contributed by atoms with E-state index < -0.39 is 6.04 Å². The molecule has 1 atom stereocenters. The molecule has 4 nitrogen and oxygen atoms in total. The van der Waals surface area contributed by atoms with Crippen LogP contribution in [0.3, 0.4) is 0 Å². The Kier molecular flexibility index (Phi) is 8.16. The van der Waals surface area contributed by atoms with Crippen LogP contribution < -0.4 is 5.32 Å². The Hall–Kier alpha value is -2.56. The Bertz CT molecular complexity index is 1110. The van der Waals surface area contributed by atoms with Crippen LogP contribution in [0.4, 0.5) is 0 Å². The zero-order valence-corrected chi connectivity index (χ0v) is 20.1. The van der Waals surface area contributed by atoms with Crippen molar-refractivity contribution in [3.8, 4) is 0 Å². The number of hydrogen-bond donors (Lipinski definition) is 1. The summed E-state index contributed by atoms with van der Waals surface area (Å²) < 4.78 is 0. The summed E-state index contributed by atoms with van der Waals surface area (Å²) in [5.74, 6) is -0.293. The highest BCUT2D eigenvalue weighted by atomic mass is 35.5. The Balaban J connectivity index is 1.82. The van der Waals surface area contributed by atoms with E-state index in [1.165, 1.54) is 0 Å². The molecule has 0 aliphatic heterocycles. The number of fused-ring (bicyclic) bond motifs is 1. The Morgan fingerprint density at radius 2 is 1.66 bits per heavy atom. The van der Waals surface area contributed by atoms with Gasteiger partial charge < -0.3 is 10.2 Å². The Labute approximate surface area is 199 Å². The maximum atomic E-state index is 13.3. The van der Waals surface area contributed by atoms with Gasteiger partial charge in [0.05, 0.1) is 0 Å². The molecule has 0 aliphatic rings. The van der Waals surface area contributed by atoms with Crippen molar-refractivity contribution in [2.75, 3.05) is 0 Å². The average Bonchev–Trinajstić information content (AvgIpc) is 2.76. The van der Waals surface area contributed by atoms with Crippen LogP contribution in [-0.4, -0.2) is 28.8 Å². The molecule has 32 heavy (non-hydrogen) atoms. The molecule has 6 heteroatoms. The van der Waals surface area contributed by atoms with Gasteiger partial charge in [0.1, 0.15) is 6.04 Å². The van der Waals surface area contributed by atoms with Crippen LogP contribution in [0.2, 0.25) is 10.0 Å². The van der Waals surface area contributed by atoms with Gasteiger partial charge in [0.2, 0.25) is 11.8 Å². The van der Waals surface area contributed by atoms with Crippen molar-refractivity contribution in [2.24, 2.45) is 0 Å². The van der Waals surface area contributed by atoms with Crippen molar-refractivity contribution in [1.29, 1.82) is 0 Å². The van der Waals surface area contributed by atoms with Gasteiger partial charge in [0.15, 0.2) is 0 Å². The molecule has 0 spiro atoms. The molecule has 2 amide bonds. The lowest BCUT2D eigenvalue weighted by Gasteiger charge is -2.30. The van der Waals surface area contributed by atoms with Crippen molar-refractivity contribution < 1.29 is 9.59 Å². The van der Waals surface area contributed by atoms with Crippen molar-refractivity contribution in [3.63, 3.8) is 0 Å². The van der Waals surface area contributed by atoms with Gasteiger partial charge in [-0.25, -0.2) is 0 Å². The number of rotatable bonds is 8. The fourth-order valence-electron chi connectivity index (χ4n) is 3.72. The van der Waals surface area contributed by atoms with Gasteiger partial charge in [-0.15, -0.1) is 0 Å². The van der Waals surface area contributed by atoms with Gasteiger partial charge in [-0.1, -0.05) is 71.7 Å². The fraction of sp³-hybridized carbons (Fsp3) is 0.308. The molecule has 0 bridgehead atoms. The maximum absolute atomic E-state index is 13.3. The van der Waals surface area contributed by atoms with Gasteiger partial charge in [0.25, 0.3) is 0 Å². The maximum Gasteiger partial charge on any atom is 0.242 e. The SMILES string of the molecule is CC(C)NC(=O)[C@@H](C)N(Cc1ccc(Cl)cc1Cl)C(=O)CCc1cccc2ccccc12. The summed E-state index contributed by atoms with van der Waals surface area (Å²) in [7, 11) is 0. The average molecular weight is 471 g/mol. The molecule has 0 saturated heterocycles. The highest BCUT2D eigenvalue weighted by Crippen LogP contribution is 2.24. The number of aryl methyl sites for hydroxylation is 1. The summed E-state index contributed by atoms with van der Waals surface area (Å²) in [4.78, 5) is 27.7. The third-order valence-electron chi connectivity index (χ3n) is 5.44. The van der Waals surface area contributed by atoms with Crippen LogP contribution in [0, 0.1) is 0 Å². The largest absolute Gasteiger partial charge is 0.352 e. The van der Waals surface area contributed by atoms with Gasteiger partial charge >= 0.3 is 0 Å². The Morgan fingerprint density at radius 1 is 0.938 bits per heavy atom. The predicted octanol–water partition coefficient (Wildman–Crippen LogP) is 6.02. The monoisotopic (exact) mass is 470 g/mol. The predicted molar refractivity (Wildman–Crippen MR) is 132 cm³/mol. The molecule has 0 heterocycles. The zero-order valence-electron chi connectivity index (χ0n) is 18.6. The number of amides is 2. The Morgan fingerprint density at radius 3 is 2.38 bits per heavy atom. The number of carbonyl (C=O) groups excluding carboxylic acids is 2. The first-order chi connectivity index (χ1) is 15.3. The standard InChI is InChI=1S/C26H28Cl2N2O2/c1-17(2)29-26(32)18(3)30(16-21-11-13-22(27)15-24(21)28)25(31)14-12-20-9-6-8-19-7-4-5-10-23(19)20/h4-11,13,15,17-18H,12,14,16H2,1-3H3,(H,29,32)/t18-/m1/s1. The molecule has 3 rings (SSSR count). The van der Waals surface area contributed by atoms with Crippen LogP contribution in [-0.2, 0) is 22.6 Å². The fourth-order valence-corrected chi connectivity index (χ4v) is 4.19. The molecule has 0 aliphatic carbocycles. The number of nitrogens with zero attached hydrogens (tertiary/aromatic N) is 1. The molecular weight excluding hydrogens is 443 g/mol. The van der Waals surface area contributed by atoms with Crippen LogP contribution in [0.15, 0.2) is 60.7 Å². The minimum absolute atomic E-state index is 0.0169. The molecule has 168 valence electrons. The summed E-state index contributed by atoms with van der Waals surface area (Å²) in [5, 5.41) is 6.18. The summed E-state index contributed by atoms with van der Waals surface area (Å²) in [6.45, 7) is 5.77. The molecular formula is C26H28Cl2N2O2. The molecule has 1 N–H and O–H groups in total. The van der Waals surface area contributed by atoms with E-state index in [1.807, 2.05) is 38.1 Å². The molecule has 0 aromatic heterocycles. The van der Waals surface area contributed by atoms with Crippen molar-refractivity contribution in [1.82, 2.24) is 10.2 Å². The minimum Gasteiger partial charge on any atom is -0.352 e. The number of carbonyl (C=O) groups is 2. The van der Waals surface area contributed by atoms with Crippen LogP contribution in [0.25, 0.3) is 10.8 Å². The number of hydrogen-bond acceptors (Lipinski definition) is 2. The quantitative estimate of drug-likeness (QED) is 0.437. The first-order valence-electron chi connectivity index (χ1n) is 10.8. The lowest BCUT2D eigenvalue weighted by atomic mass is 10.0. The molecule has 0 radical (unpaired) electrons. The smallest absolute Gasteiger partial charge is 0.242 e. The molecule has 0 saturated carbocycles. The topological polar surface area (TPSA) is 49.4 Å². The van der Waals surface area contributed by atoms with Crippen molar-refractivity contribution in [3.05, 3.63) is 81.8 Å². The summed E-state index contributed by atoms with van der Waals surface area (Å²) in [6.07, 6.45) is 0.877. The third kappa shape index (κ3) is 6.02. The molecule has 3 aromatic carbocycles. The van der Waals surface area contributed by atoms with Crippen LogP contribution in [0.1, 0.15) is 38.3 Å². The second-order valence-corrected chi connectivity index (χ2v) is 9.08. The third-order valence-corrected chi connectivity index (χ3v) is 6.03.